The van der Waals surface area contributed by atoms with Crippen LogP contribution in [0.2, 0.25) is 0 Å². The molecular formula is C17H23F6N3. The highest BCUT2D eigenvalue weighted by atomic mass is 19.4. The van der Waals surface area contributed by atoms with Crippen molar-refractivity contribution in [1.29, 1.82) is 0 Å². The molecule has 1 fully saturated rings. The largest absolute Gasteiger partial charge is 0.416 e. The molecule has 0 amide bonds. The van der Waals surface area contributed by atoms with E-state index in [4.69, 9.17) is 0 Å². The third kappa shape index (κ3) is 6.05. The number of rotatable bonds is 6. The lowest BCUT2D eigenvalue weighted by Gasteiger charge is -2.33. The fourth-order valence-electron chi connectivity index (χ4n) is 2.87. The second kappa shape index (κ2) is 8.47. The van der Waals surface area contributed by atoms with Gasteiger partial charge in [-0.3, -0.25) is 5.43 Å². The summed E-state index contributed by atoms with van der Waals surface area (Å²) in [5.74, 6) is 0. The van der Waals surface area contributed by atoms with Crippen molar-refractivity contribution in [3.8, 4) is 0 Å². The molecule has 1 aromatic carbocycles. The maximum Gasteiger partial charge on any atom is 0.416 e. The highest BCUT2D eigenvalue weighted by Gasteiger charge is 2.37. The molecule has 0 aromatic heterocycles. The Morgan fingerprint density at radius 2 is 1.50 bits per heavy atom. The number of nitrogens with one attached hydrogen (secondary N) is 2. The van der Waals surface area contributed by atoms with Crippen molar-refractivity contribution in [1.82, 2.24) is 10.4 Å². The number of nitrogens with zero attached hydrogens (tertiary/aromatic N) is 1. The molecule has 148 valence electrons. The van der Waals surface area contributed by atoms with Crippen molar-refractivity contribution in [3.63, 3.8) is 0 Å². The number of unbranched alkanes of at least 4 members (excludes halogenated alkanes) is 1. The van der Waals surface area contributed by atoms with Crippen LogP contribution >= 0.6 is 0 Å². The van der Waals surface area contributed by atoms with Crippen LogP contribution in [-0.4, -0.2) is 30.7 Å². The smallest absolute Gasteiger partial charge is 0.382 e. The normalized spacial score (nSPS) is 17.5. The molecule has 0 bridgehead atoms. The van der Waals surface area contributed by atoms with Crippen LogP contribution in [-0.2, 0) is 12.4 Å². The van der Waals surface area contributed by atoms with E-state index in [1.807, 2.05) is 5.01 Å². The van der Waals surface area contributed by atoms with Crippen LogP contribution in [0.4, 0.5) is 32.0 Å². The standard InChI is InChI=1S/C17H23F6N3/c1-2-3-6-24-26-7-4-14(5-8-26)25-15-10-12(16(18,19)20)9-13(11-15)17(21,22)23/h9-11,14,24-25H,2-8H2,1H3. The first-order valence-electron chi connectivity index (χ1n) is 8.64. The number of alkyl halides is 6. The number of hydrogen-bond donors (Lipinski definition) is 2. The van der Waals surface area contributed by atoms with E-state index in [1.165, 1.54) is 0 Å². The number of hydrogen-bond acceptors (Lipinski definition) is 3. The van der Waals surface area contributed by atoms with Crippen molar-refractivity contribution in [3.05, 3.63) is 29.3 Å². The first-order valence-corrected chi connectivity index (χ1v) is 8.64. The minimum Gasteiger partial charge on any atom is -0.382 e. The van der Waals surface area contributed by atoms with Crippen molar-refractivity contribution in [2.75, 3.05) is 25.0 Å². The number of halogens is 6. The van der Waals surface area contributed by atoms with Gasteiger partial charge in [-0.1, -0.05) is 13.3 Å². The Balaban J connectivity index is 2.03. The van der Waals surface area contributed by atoms with E-state index < -0.39 is 23.5 Å². The van der Waals surface area contributed by atoms with Crippen LogP contribution in [0.1, 0.15) is 43.7 Å². The lowest BCUT2D eigenvalue weighted by Crippen LogP contribution is -2.46. The van der Waals surface area contributed by atoms with Gasteiger partial charge in [-0.05, 0) is 37.5 Å². The third-order valence-corrected chi connectivity index (χ3v) is 4.32. The van der Waals surface area contributed by atoms with Gasteiger partial charge in [0.15, 0.2) is 0 Å². The Labute approximate surface area is 148 Å². The zero-order chi connectivity index (χ0) is 19.4. The Hall–Kier alpha value is -1.48. The van der Waals surface area contributed by atoms with Crippen LogP contribution in [0, 0.1) is 0 Å². The lowest BCUT2D eigenvalue weighted by atomic mass is 10.0. The van der Waals surface area contributed by atoms with E-state index in [2.05, 4.69) is 17.7 Å². The molecule has 0 radical (unpaired) electrons. The zero-order valence-corrected chi connectivity index (χ0v) is 14.5. The van der Waals surface area contributed by atoms with E-state index in [-0.39, 0.29) is 17.8 Å². The van der Waals surface area contributed by atoms with E-state index in [1.54, 1.807) is 0 Å². The van der Waals surface area contributed by atoms with Crippen molar-refractivity contribution in [2.45, 2.75) is 51.0 Å². The summed E-state index contributed by atoms with van der Waals surface area (Å²) in [4.78, 5) is 0. The van der Waals surface area contributed by atoms with Crippen LogP contribution in [0.25, 0.3) is 0 Å². The van der Waals surface area contributed by atoms with Crippen LogP contribution < -0.4 is 10.7 Å². The van der Waals surface area contributed by atoms with Gasteiger partial charge < -0.3 is 5.32 Å². The highest BCUT2D eigenvalue weighted by molar-refractivity contribution is 5.51. The number of hydrazine groups is 1. The molecule has 1 saturated heterocycles. The first-order chi connectivity index (χ1) is 12.1. The molecule has 0 aliphatic carbocycles. The number of anilines is 1. The molecule has 2 rings (SSSR count). The summed E-state index contributed by atoms with van der Waals surface area (Å²) in [5.41, 5.74) is 0.529. The van der Waals surface area contributed by atoms with Gasteiger partial charge >= 0.3 is 12.4 Å². The summed E-state index contributed by atoms with van der Waals surface area (Å²) < 4.78 is 77.4. The second-order valence-corrected chi connectivity index (χ2v) is 6.46. The Morgan fingerprint density at radius 1 is 0.962 bits per heavy atom. The molecule has 0 atom stereocenters. The average Bonchev–Trinajstić information content (AvgIpc) is 2.55. The predicted octanol–water partition coefficient (Wildman–Crippen LogP) is 4.91. The predicted molar refractivity (Wildman–Crippen MR) is 87.6 cm³/mol. The quantitative estimate of drug-likeness (QED) is 0.540. The van der Waals surface area contributed by atoms with Gasteiger partial charge in [0.05, 0.1) is 11.1 Å². The summed E-state index contributed by atoms with van der Waals surface area (Å²) in [7, 11) is 0. The molecule has 3 nitrogen and oxygen atoms in total. The van der Waals surface area contributed by atoms with E-state index >= 15 is 0 Å². The summed E-state index contributed by atoms with van der Waals surface area (Å²) in [6, 6.07) is 1.46. The molecule has 1 heterocycles. The molecule has 0 unspecified atom stereocenters. The fraction of sp³-hybridized carbons (Fsp3) is 0.647. The minimum absolute atomic E-state index is 0.144. The molecular weight excluding hydrogens is 360 g/mol. The SMILES string of the molecule is CCCCNN1CCC(Nc2cc(C(F)(F)F)cc(C(F)(F)F)c2)CC1. The lowest BCUT2D eigenvalue weighted by molar-refractivity contribution is -0.143. The van der Waals surface area contributed by atoms with Crippen LogP contribution in [0.5, 0.6) is 0 Å². The monoisotopic (exact) mass is 383 g/mol. The molecule has 0 saturated carbocycles. The van der Waals surface area contributed by atoms with E-state index in [0.717, 1.165) is 31.5 Å². The maximum atomic E-state index is 12.9. The third-order valence-electron chi connectivity index (χ3n) is 4.32. The molecule has 1 aliphatic rings. The van der Waals surface area contributed by atoms with Gasteiger partial charge in [0.2, 0.25) is 0 Å². The Bertz CT molecular complexity index is 545. The summed E-state index contributed by atoms with van der Waals surface area (Å²) in [5, 5.41) is 4.88. The zero-order valence-electron chi connectivity index (χ0n) is 14.5. The van der Waals surface area contributed by atoms with E-state index in [0.29, 0.717) is 25.9 Å². The first kappa shape index (κ1) is 20.8. The van der Waals surface area contributed by atoms with Gasteiger partial charge in [-0.2, -0.15) is 26.3 Å². The van der Waals surface area contributed by atoms with Crippen LogP contribution in [0.15, 0.2) is 18.2 Å². The Morgan fingerprint density at radius 3 is 1.96 bits per heavy atom. The van der Waals surface area contributed by atoms with Gasteiger partial charge in [-0.25, -0.2) is 5.01 Å². The highest BCUT2D eigenvalue weighted by Crippen LogP contribution is 2.37. The van der Waals surface area contributed by atoms with Gasteiger partial charge in [-0.15, -0.1) is 0 Å². The van der Waals surface area contributed by atoms with Crippen LogP contribution in [0.3, 0.4) is 0 Å². The number of benzene rings is 1. The molecule has 26 heavy (non-hydrogen) atoms. The van der Waals surface area contributed by atoms with Gasteiger partial charge in [0.1, 0.15) is 0 Å². The summed E-state index contributed by atoms with van der Waals surface area (Å²) in [6.45, 7) is 4.32. The second-order valence-electron chi connectivity index (χ2n) is 6.46. The molecule has 1 aliphatic heterocycles. The molecule has 1 aromatic rings. The molecule has 2 N–H and O–H groups in total. The van der Waals surface area contributed by atoms with Crippen molar-refractivity contribution < 1.29 is 26.3 Å². The molecule has 0 spiro atoms. The van der Waals surface area contributed by atoms with Gasteiger partial charge in [0, 0.05) is 31.4 Å². The fourth-order valence-corrected chi connectivity index (χ4v) is 2.87. The summed E-state index contributed by atoms with van der Waals surface area (Å²) >= 11 is 0. The molecule has 9 heteroatoms. The van der Waals surface area contributed by atoms with Crippen molar-refractivity contribution in [2.24, 2.45) is 0 Å². The number of piperidine rings is 1. The van der Waals surface area contributed by atoms with Gasteiger partial charge in [0.25, 0.3) is 0 Å². The van der Waals surface area contributed by atoms with E-state index in [9.17, 15) is 26.3 Å². The topological polar surface area (TPSA) is 27.3 Å². The Kier molecular flexibility index (Phi) is 6.79. The summed E-state index contributed by atoms with van der Waals surface area (Å²) in [6.07, 6.45) is -6.27. The van der Waals surface area contributed by atoms with Crippen molar-refractivity contribution >= 4 is 5.69 Å². The average molecular weight is 383 g/mol. The minimum atomic E-state index is -4.83. The maximum absolute atomic E-state index is 12.9.